The van der Waals surface area contributed by atoms with E-state index in [1.807, 2.05) is 27.7 Å². The molecular weight excluding hydrogens is 256 g/mol. The first kappa shape index (κ1) is 18.6. The Kier molecular flexibility index (Phi) is 6.92. The monoisotopic (exact) mass is 284 g/mol. The Bertz CT molecular complexity index is 383. The summed E-state index contributed by atoms with van der Waals surface area (Å²) in [6, 6.07) is -0.799. The molecule has 5 heteroatoms. The molecule has 0 unspecified atom stereocenters. The molecule has 0 aromatic carbocycles. The van der Waals surface area contributed by atoms with Crippen molar-refractivity contribution in [2.45, 2.75) is 53.6 Å². The molecule has 0 bridgehead atoms. The van der Waals surface area contributed by atoms with E-state index in [1.165, 1.54) is 0 Å². The van der Waals surface area contributed by atoms with Crippen LogP contribution in [0, 0.1) is 5.41 Å². The molecule has 0 saturated carbocycles. The summed E-state index contributed by atoms with van der Waals surface area (Å²) in [5, 5.41) is 0. The average molecular weight is 284 g/mol. The lowest BCUT2D eigenvalue weighted by Gasteiger charge is -2.32. The van der Waals surface area contributed by atoms with E-state index < -0.39 is 6.04 Å². The highest BCUT2D eigenvalue weighted by molar-refractivity contribution is 5.88. The van der Waals surface area contributed by atoms with Crippen LogP contribution in [0.25, 0.3) is 0 Å². The summed E-state index contributed by atoms with van der Waals surface area (Å²) >= 11 is 0. The fraction of sp³-hybridized carbons (Fsp3) is 0.733. The van der Waals surface area contributed by atoms with Crippen molar-refractivity contribution in [1.82, 2.24) is 4.90 Å². The van der Waals surface area contributed by atoms with Gasteiger partial charge in [0.2, 0.25) is 5.91 Å². The van der Waals surface area contributed by atoms with E-state index >= 15 is 0 Å². The standard InChI is InChI=1S/C15H28N2O3/c1-8-20-14(19)10(2)9-11(3)17(7)13(18)12(16)15(4,5)6/h9,11-12H,8,16H2,1-7H3/b10-9+/t11-,12+/m0/s1. The van der Waals surface area contributed by atoms with Gasteiger partial charge in [-0.25, -0.2) is 4.79 Å². The summed E-state index contributed by atoms with van der Waals surface area (Å²) in [5.74, 6) is -0.502. The van der Waals surface area contributed by atoms with Gasteiger partial charge < -0.3 is 15.4 Å². The van der Waals surface area contributed by atoms with Crippen LogP contribution in [0.3, 0.4) is 0 Å². The zero-order valence-corrected chi connectivity index (χ0v) is 13.7. The number of hydrogen-bond acceptors (Lipinski definition) is 4. The normalized spacial score (nSPS) is 15.5. The molecule has 0 spiro atoms. The average Bonchev–Trinajstić information content (AvgIpc) is 2.34. The van der Waals surface area contributed by atoms with E-state index in [1.54, 1.807) is 31.9 Å². The molecular formula is C15H28N2O3. The lowest BCUT2D eigenvalue weighted by molar-refractivity contribution is -0.139. The maximum atomic E-state index is 12.3. The van der Waals surface area contributed by atoms with Gasteiger partial charge >= 0.3 is 5.97 Å². The first-order chi connectivity index (χ1) is 9.02. The van der Waals surface area contributed by atoms with Crippen molar-refractivity contribution in [3.63, 3.8) is 0 Å². The molecule has 0 radical (unpaired) electrons. The number of amides is 1. The van der Waals surface area contributed by atoms with Crippen LogP contribution in [0.15, 0.2) is 11.6 Å². The van der Waals surface area contributed by atoms with Crippen LogP contribution in [-0.4, -0.2) is 42.5 Å². The van der Waals surface area contributed by atoms with E-state index in [0.717, 1.165) is 0 Å². The van der Waals surface area contributed by atoms with E-state index in [2.05, 4.69) is 0 Å². The van der Waals surface area contributed by atoms with Gasteiger partial charge in [-0.3, -0.25) is 4.79 Å². The van der Waals surface area contributed by atoms with Gasteiger partial charge in [0.25, 0.3) is 0 Å². The maximum Gasteiger partial charge on any atom is 0.333 e. The molecule has 0 rings (SSSR count). The highest BCUT2D eigenvalue weighted by atomic mass is 16.5. The summed E-state index contributed by atoms with van der Waals surface area (Å²) in [5.41, 5.74) is 6.16. The van der Waals surface area contributed by atoms with Crippen LogP contribution in [0.1, 0.15) is 41.5 Å². The topological polar surface area (TPSA) is 72.6 Å². The number of likely N-dealkylation sites (N-methyl/N-ethyl adjacent to an activating group) is 1. The van der Waals surface area contributed by atoms with Gasteiger partial charge in [0, 0.05) is 18.7 Å². The van der Waals surface area contributed by atoms with E-state index in [9.17, 15) is 9.59 Å². The Morgan fingerprint density at radius 1 is 1.35 bits per heavy atom. The molecule has 0 aromatic rings. The lowest BCUT2D eigenvalue weighted by atomic mass is 9.86. The Hall–Kier alpha value is -1.36. The summed E-state index contributed by atoms with van der Waals surface area (Å²) in [6.45, 7) is 11.4. The Labute approximate surface area is 122 Å². The number of carbonyl (C=O) groups excluding carboxylic acids is 2. The summed E-state index contributed by atoms with van der Waals surface area (Å²) in [4.78, 5) is 25.4. The van der Waals surface area contributed by atoms with Crippen molar-refractivity contribution in [1.29, 1.82) is 0 Å². The van der Waals surface area contributed by atoms with Crippen LogP contribution in [0.2, 0.25) is 0 Å². The number of rotatable bonds is 5. The fourth-order valence-corrected chi connectivity index (χ4v) is 1.58. The molecule has 1 amide bonds. The third kappa shape index (κ3) is 5.33. The van der Waals surface area contributed by atoms with Crippen LogP contribution in [-0.2, 0) is 14.3 Å². The minimum absolute atomic E-state index is 0.141. The molecule has 0 heterocycles. The fourth-order valence-electron chi connectivity index (χ4n) is 1.58. The van der Waals surface area contributed by atoms with Crippen molar-refractivity contribution in [3.8, 4) is 0 Å². The number of nitrogens with two attached hydrogens (primary N) is 1. The van der Waals surface area contributed by atoms with E-state index in [-0.39, 0.29) is 23.3 Å². The summed E-state index contributed by atoms with van der Waals surface area (Å²) in [6.07, 6.45) is 1.71. The van der Waals surface area contributed by atoms with Crippen molar-refractivity contribution in [3.05, 3.63) is 11.6 Å². The summed E-state index contributed by atoms with van der Waals surface area (Å²) < 4.78 is 4.91. The minimum Gasteiger partial charge on any atom is -0.463 e. The van der Waals surface area contributed by atoms with Gasteiger partial charge in [0.15, 0.2) is 0 Å². The van der Waals surface area contributed by atoms with Crippen molar-refractivity contribution in [2.75, 3.05) is 13.7 Å². The number of hydrogen-bond donors (Lipinski definition) is 1. The predicted octanol–water partition coefficient (Wildman–Crippen LogP) is 1.72. The first-order valence-electron chi connectivity index (χ1n) is 6.90. The third-order valence-corrected chi connectivity index (χ3v) is 3.25. The molecule has 0 aromatic heterocycles. The third-order valence-electron chi connectivity index (χ3n) is 3.25. The highest BCUT2D eigenvalue weighted by Crippen LogP contribution is 2.19. The number of nitrogens with zero attached hydrogens (tertiary/aromatic N) is 1. The minimum atomic E-state index is -0.578. The number of ether oxygens (including phenoxy) is 1. The lowest BCUT2D eigenvalue weighted by Crippen LogP contribution is -2.51. The van der Waals surface area contributed by atoms with Crippen LogP contribution < -0.4 is 5.73 Å². The quantitative estimate of drug-likeness (QED) is 0.616. The van der Waals surface area contributed by atoms with Gasteiger partial charge in [-0.1, -0.05) is 26.8 Å². The molecule has 0 aliphatic heterocycles. The molecule has 0 saturated heterocycles. The highest BCUT2D eigenvalue weighted by Gasteiger charge is 2.31. The van der Waals surface area contributed by atoms with Crippen molar-refractivity contribution < 1.29 is 14.3 Å². The second-order valence-corrected chi connectivity index (χ2v) is 6.10. The molecule has 116 valence electrons. The zero-order valence-electron chi connectivity index (χ0n) is 13.7. The van der Waals surface area contributed by atoms with E-state index in [0.29, 0.717) is 12.2 Å². The molecule has 0 aliphatic carbocycles. The van der Waals surface area contributed by atoms with Gasteiger partial charge in [-0.15, -0.1) is 0 Å². The smallest absolute Gasteiger partial charge is 0.333 e. The second-order valence-electron chi connectivity index (χ2n) is 6.10. The molecule has 0 fully saturated rings. The Morgan fingerprint density at radius 2 is 1.85 bits per heavy atom. The molecule has 2 atom stereocenters. The van der Waals surface area contributed by atoms with Crippen molar-refractivity contribution in [2.24, 2.45) is 11.1 Å². The van der Waals surface area contributed by atoms with Crippen LogP contribution >= 0.6 is 0 Å². The van der Waals surface area contributed by atoms with Crippen LogP contribution in [0.5, 0.6) is 0 Å². The predicted molar refractivity (Wildman–Crippen MR) is 80.1 cm³/mol. The first-order valence-corrected chi connectivity index (χ1v) is 6.90. The van der Waals surface area contributed by atoms with E-state index in [4.69, 9.17) is 10.5 Å². The Morgan fingerprint density at radius 3 is 2.25 bits per heavy atom. The van der Waals surface area contributed by atoms with Crippen molar-refractivity contribution >= 4 is 11.9 Å². The largest absolute Gasteiger partial charge is 0.463 e. The molecule has 5 nitrogen and oxygen atoms in total. The SMILES string of the molecule is CCOC(=O)/C(C)=C/[C@H](C)N(C)C(=O)[C@@H](N)C(C)(C)C. The number of esters is 1. The molecule has 20 heavy (non-hydrogen) atoms. The summed E-state index contributed by atoms with van der Waals surface area (Å²) in [7, 11) is 1.69. The maximum absolute atomic E-state index is 12.3. The zero-order chi connectivity index (χ0) is 16.1. The molecule has 0 aliphatic rings. The second kappa shape index (κ2) is 7.43. The van der Waals surface area contributed by atoms with Gasteiger partial charge in [-0.05, 0) is 26.2 Å². The van der Waals surface area contributed by atoms with Crippen LogP contribution in [0.4, 0.5) is 0 Å². The number of carbonyl (C=O) groups is 2. The van der Waals surface area contributed by atoms with Gasteiger partial charge in [-0.2, -0.15) is 0 Å². The van der Waals surface area contributed by atoms with Gasteiger partial charge in [0.1, 0.15) is 0 Å². The van der Waals surface area contributed by atoms with Gasteiger partial charge in [0.05, 0.1) is 12.6 Å². The Balaban J connectivity index is 4.86. The molecule has 2 N–H and O–H groups in total.